The van der Waals surface area contributed by atoms with Crippen molar-refractivity contribution < 1.29 is 19.4 Å². The van der Waals surface area contributed by atoms with Gasteiger partial charge in [-0.25, -0.2) is 4.98 Å². The van der Waals surface area contributed by atoms with E-state index < -0.39 is 17.7 Å². The molecule has 1 atom stereocenters. The van der Waals surface area contributed by atoms with Crippen molar-refractivity contribution in [2.75, 3.05) is 4.90 Å². The number of aliphatic hydroxyl groups excluding tert-OH is 1. The lowest BCUT2D eigenvalue weighted by molar-refractivity contribution is -0.132. The van der Waals surface area contributed by atoms with Crippen LogP contribution in [0.3, 0.4) is 0 Å². The molecule has 8 heteroatoms. The first-order valence-electron chi connectivity index (χ1n) is 11.2. The van der Waals surface area contributed by atoms with Crippen molar-refractivity contribution >= 4 is 49.8 Å². The summed E-state index contributed by atoms with van der Waals surface area (Å²) in [5.74, 6) is -1.11. The third-order valence-electron chi connectivity index (χ3n) is 5.85. The number of ether oxygens (including phenoxy) is 1. The lowest BCUT2D eigenvalue weighted by Gasteiger charge is -2.23. The number of thiazole rings is 1. The molecule has 1 saturated heterocycles. The molecule has 1 aliphatic heterocycles. The molecule has 0 saturated carbocycles. The van der Waals surface area contributed by atoms with Crippen LogP contribution in [0.1, 0.15) is 28.3 Å². The number of Topliss-reactive ketones (excluding diaryl/α,β-unsaturated/α-hetero) is 1. The molecular weight excluding hydrogens is 540 g/mol. The van der Waals surface area contributed by atoms with Crippen LogP contribution in [0, 0.1) is 6.92 Å². The maximum Gasteiger partial charge on any atom is 0.301 e. The zero-order chi connectivity index (χ0) is 25.2. The summed E-state index contributed by atoms with van der Waals surface area (Å²) in [6.07, 6.45) is 1.58. The van der Waals surface area contributed by atoms with Crippen LogP contribution in [-0.2, 0) is 16.2 Å². The molecule has 0 aliphatic carbocycles. The van der Waals surface area contributed by atoms with Gasteiger partial charge in [0, 0.05) is 21.6 Å². The fraction of sp³-hybridized carbons (Fsp3) is 0.107. The Kier molecular flexibility index (Phi) is 6.71. The quantitative estimate of drug-likeness (QED) is 0.167. The highest BCUT2D eigenvalue weighted by atomic mass is 79.9. The Bertz CT molecular complexity index is 1470. The highest BCUT2D eigenvalue weighted by molar-refractivity contribution is 9.10. The summed E-state index contributed by atoms with van der Waals surface area (Å²) in [4.78, 5) is 31.9. The smallest absolute Gasteiger partial charge is 0.301 e. The molecule has 1 N–H and O–H groups in total. The van der Waals surface area contributed by atoms with E-state index in [4.69, 9.17) is 4.74 Å². The van der Waals surface area contributed by atoms with Gasteiger partial charge >= 0.3 is 5.91 Å². The Morgan fingerprint density at radius 1 is 1.08 bits per heavy atom. The molecule has 0 spiro atoms. The van der Waals surface area contributed by atoms with Gasteiger partial charge in [0.25, 0.3) is 5.78 Å². The van der Waals surface area contributed by atoms with Crippen molar-refractivity contribution in [2.45, 2.75) is 19.6 Å². The Labute approximate surface area is 220 Å². The van der Waals surface area contributed by atoms with Crippen molar-refractivity contribution in [3.05, 3.63) is 117 Å². The number of amides is 1. The molecule has 0 radical (unpaired) electrons. The average molecular weight is 561 g/mol. The first kappa shape index (κ1) is 24.0. The normalized spacial score (nSPS) is 16.9. The molecule has 2 heterocycles. The fourth-order valence-corrected chi connectivity index (χ4v) is 5.27. The highest BCUT2D eigenvalue weighted by Gasteiger charge is 2.48. The second-order valence-electron chi connectivity index (χ2n) is 8.34. The SMILES string of the molecule is Cc1cccc(COc2ccc(C(O)=C3C(=O)C(=O)N(c4nccs4)C3c3cccc(Br)c3)cc2)c1. The summed E-state index contributed by atoms with van der Waals surface area (Å²) in [6.45, 7) is 2.44. The van der Waals surface area contributed by atoms with Gasteiger partial charge in [0.15, 0.2) is 5.13 Å². The second kappa shape index (κ2) is 10.1. The number of carbonyl (C=O) groups is 2. The number of rotatable bonds is 6. The van der Waals surface area contributed by atoms with E-state index in [2.05, 4.69) is 27.0 Å². The largest absolute Gasteiger partial charge is 0.507 e. The zero-order valence-electron chi connectivity index (χ0n) is 19.2. The lowest BCUT2D eigenvalue weighted by Crippen LogP contribution is -2.29. The summed E-state index contributed by atoms with van der Waals surface area (Å²) in [5, 5.41) is 13.4. The molecule has 36 heavy (non-hydrogen) atoms. The van der Waals surface area contributed by atoms with Gasteiger partial charge in [-0.3, -0.25) is 14.5 Å². The summed E-state index contributed by atoms with van der Waals surface area (Å²) in [7, 11) is 0. The molecule has 0 bridgehead atoms. The topological polar surface area (TPSA) is 79.7 Å². The summed E-state index contributed by atoms with van der Waals surface area (Å²) < 4.78 is 6.67. The molecular formula is C28H21BrN2O4S. The van der Waals surface area contributed by atoms with Gasteiger partial charge in [-0.15, -0.1) is 11.3 Å². The fourth-order valence-electron chi connectivity index (χ4n) is 4.19. The van der Waals surface area contributed by atoms with Gasteiger partial charge in [0.1, 0.15) is 18.1 Å². The molecule has 3 aromatic carbocycles. The number of ketones is 1. The highest BCUT2D eigenvalue weighted by Crippen LogP contribution is 2.43. The van der Waals surface area contributed by atoms with Crippen LogP contribution < -0.4 is 9.64 Å². The first-order chi connectivity index (χ1) is 17.4. The molecule has 6 nitrogen and oxygen atoms in total. The number of aryl methyl sites for hydroxylation is 1. The molecule has 4 aromatic rings. The van der Waals surface area contributed by atoms with Crippen molar-refractivity contribution in [1.29, 1.82) is 0 Å². The maximum absolute atomic E-state index is 13.2. The molecule has 180 valence electrons. The Morgan fingerprint density at radius 3 is 2.56 bits per heavy atom. The van der Waals surface area contributed by atoms with E-state index >= 15 is 0 Å². The molecule has 1 fully saturated rings. The summed E-state index contributed by atoms with van der Waals surface area (Å²) >= 11 is 4.71. The van der Waals surface area contributed by atoms with Crippen LogP contribution in [0.2, 0.25) is 0 Å². The number of nitrogens with zero attached hydrogens (tertiary/aromatic N) is 2. The van der Waals surface area contributed by atoms with Crippen LogP contribution in [0.25, 0.3) is 5.76 Å². The zero-order valence-corrected chi connectivity index (χ0v) is 21.6. The Morgan fingerprint density at radius 2 is 1.86 bits per heavy atom. The van der Waals surface area contributed by atoms with Gasteiger partial charge in [-0.1, -0.05) is 57.9 Å². The molecule has 1 aliphatic rings. The van der Waals surface area contributed by atoms with Gasteiger partial charge in [-0.2, -0.15) is 0 Å². The number of benzene rings is 3. The van der Waals surface area contributed by atoms with E-state index in [0.29, 0.717) is 28.6 Å². The van der Waals surface area contributed by atoms with Gasteiger partial charge in [-0.05, 0) is 54.4 Å². The number of halogens is 1. The lowest BCUT2D eigenvalue weighted by atomic mass is 9.95. The van der Waals surface area contributed by atoms with E-state index in [0.717, 1.165) is 15.6 Å². The molecule has 1 unspecified atom stereocenters. The Hall–Kier alpha value is -3.75. The number of aromatic nitrogens is 1. The number of hydrogen-bond donors (Lipinski definition) is 1. The van der Waals surface area contributed by atoms with E-state index in [1.54, 1.807) is 35.8 Å². The minimum absolute atomic E-state index is 0.0155. The van der Waals surface area contributed by atoms with Gasteiger partial charge < -0.3 is 9.84 Å². The van der Waals surface area contributed by atoms with Crippen LogP contribution in [-0.4, -0.2) is 21.8 Å². The van der Waals surface area contributed by atoms with E-state index in [1.165, 1.54) is 16.2 Å². The standard InChI is InChI=1S/C28H21BrN2O4S/c1-17-4-2-5-18(14-17)16-35-22-10-8-19(9-11-22)25(32)23-24(20-6-3-7-21(29)15-20)31(27(34)26(23)33)28-30-12-13-36-28/h2-15,24,32H,16H2,1H3. The monoisotopic (exact) mass is 560 g/mol. The van der Waals surface area contributed by atoms with Crippen LogP contribution >= 0.6 is 27.3 Å². The number of carbonyl (C=O) groups excluding carboxylic acids is 2. The van der Waals surface area contributed by atoms with Crippen molar-refractivity contribution in [3.8, 4) is 5.75 Å². The predicted octanol–water partition coefficient (Wildman–Crippen LogP) is 6.42. The van der Waals surface area contributed by atoms with Crippen LogP contribution in [0.4, 0.5) is 5.13 Å². The average Bonchev–Trinajstić information content (AvgIpc) is 3.49. The van der Waals surface area contributed by atoms with E-state index in [9.17, 15) is 14.7 Å². The predicted molar refractivity (Wildman–Crippen MR) is 143 cm³/mol. The molecule has 1 aromatic heterocycles. The Balaban J connectivity index is 1.49. The minimum Gasteiger partial charge on any atom is -0.507 e. The maximum atomic E-state index is 13.2. The number of anilines is 1. The van der Waals surface area contributed by atoms with Crippen molar-refractivity contribution in [2.24, 2.45) is 0 Å². The van der Waals surface area contributed by atoms with Crippen LogP contribution in [0.5, 0.6) is 5.75 Å². The van der Waals surface area contributed by atoms with E-state index in [-0.39, 0.29) is 11.3 Å². The molecule has 5 rings (SSSR count). The summed E-state index contributed by atoms with van der Waals surface area (Å²) in [6, 6.07) is 21.4. The second-order valence-corrected chi connectivity index (χ2v) is 10.1. The third-order valence-corrected chi connectivity index (χ3v) is 7.11. The molecule has 1 amide bonds. The van der Waals surface area contributed by atoms with Crippen LogP contribution in [0.15, 0.2) is 94.4 Å². The van der Waals surface area contributed by atoms with E-state index in [1.807, 2.05) is 49.4 Å². The van der Waals surface area contributed by atoms with Crippen molar-refractivity contribution in [3.63, 3.8) is 0 Å². The third kappa shape index (κ3) is 4.69. The van der Waals surface area contributed by atoms with Gasteiger partial charge in [0.05, 0.1) is 11.6 Å². The minimum atomic E-state index is -0.814. The van der Waals surface area contributed by atoms with Crippen molar-refractivity contribution in [1.82, 2.24) is 4.98 Å². The number of hydrogen-bond acceptors (Lipinski definition) is 6. The number of aliphatic hydroxyl groups is 1. The van der Waals surface area contributed by atoms with Gasteiger partial charge in [0.2, 0.25) is 0 Å². The summed E-state index contributed by atoms with van der Waals surface area (Å²) in [5.41, 5.74) is 3.32. The first-order valence-corrected chi connectivity index (χ1v) is 12.8.